The lowest BCUT2D eigenvalue weighted by Crippen LogP contribution is -2.44. The number of aryl methyl sites for hydroxylation is 1. The van der Waals surface area contributed by atoms with Crippen LogP contribution in [0.15, 0.2) is 22.6 Å². The molecule has 1 aromatic carbocycles. The number of amides is 1. The summed E-state index contributed by atoms with van der Waals surface area (Å²) in [5.74, 6) is 0.434. The Labute approximate surface area is 152 Å². The van der Waals surface area contributed by atoms with Crippen LogP contribution in [0.1, 0.15) is 35.4 Å². The van der Waals surface area contributed by atoms with Crippen molar-refractivity contribution in [3.05, 3.63) is 34.5 Å². The minimum atomic E-state index is -0.00410. The fourth-order valence-corrected chi connectivity index (χ4v) is 4.18. The number of halogens is 2. The first-order chi connectivity index (χ1) is 11.1. The van der Waals surface area contributed by atoms with Crippen molar-refractivity contribution in [1.82, 2.24) is 10.2 Å². The largest absolute Gasteiger partial charge is 0.449 e. The number of piperidine rings is 1. The average molecular weight is 369 g/mol. The molecule has 2 saturated heterocycles. The zero-order valence-corrected chi connectivity index (χ0v) is 15.3. The van der Waals surface area contributed by atoms with Crippen LogP contribution in [-0.2, 0) is 0 Å². The van der Waals surface area contributed by atoms with Crippen molar-refractivity contribution >= 4 is 40.9 Å². The predicted molar refractivity (Wildman–Crippen MR) is 98.3 cm³/mol. The quantitative estimate of drug-likeness (QED) is 0.826. The first-order valence-electron chi connectivity index (χ1n) is 8.27. The van der Waals surface area contributed by atoms with E-state index < -0.39 is 0 Å². The maximum absolute atomic E-state index is 12.9. The van der Waals surface area contributed by atoms with Gasteiger partial charge in [-0.1, -0.05) is 23.7 Å². The number of carbonyl (C=O) groups excluding carboxylic acids is 1. The molecular weight excluding hydrogens is 347 g/mol. The Hall–Kier alpha value is -1.23. The topological polar surface area (TPSA) is 45.5 Å². The zero-order valence-electron chi connectivity index (χ0n) is 13.7. The standard InChI is InChI=1S/C18H21ClN2O2.ClH/c1-12-13-3-2-4-14(19)16(13)23-15(12)17(22)21-9-6-18(7-10-21)5-8-20-11-18;/h2-4,20H,5-11H2,1H3;1H. The number of benzene rings is 1. The van der Waals surface area contributed by atoms with Crippen molar-refractivity contribution in [2.24, 2.45) is 5.41 Å². The van der Waals surface area contributed by atoms with E-state index in [9.17, 15) is 4.79 Å². The number of furan rings is 1. The molecule has 130 valence electrons. The van der Waals surface area contributed by atoms with Gasteiger partial charge in [0.05, 0.1) is 5.02 Å². The molecule has 2 aliphatic rings. The minimum Gasteiger partial charge on any atom is -0.449 e. The Morgan fingerprint density at radius 2 is 2.04 bits per heavy atom. The van der Waals surface area contributed by atoms with Gasteiger partial charge in [0.2, 0.25) is 0 Å². The summed E-state index contributed by atoms with van der Waals surface area (Å²) < 4.78 is 5.83. The van der Waals surface area contributed by atoms with E-state index in [0.717, 1.165) is 50.0 Å². The highest BCUT2D eigenvalue weighted by atomic mass is 35.5. The predicted octanol–water partition coefficient (Wildman–Crippen LogP) is 4.03. The van der Waals surface area contributed by atoms with Crippen molar-refractivity contribution < 1.29 is 9.21 Å². The van der Waals surface area contributed by atoms with E-state index in [1.165, 1.54) is 6.42 Å². The Bertz CT molecular complexity index is 756. The van der Waals surface area contributed by atoms with Crippen LogP contribution in [0.4, 0.5) is 0 Å². The van der Waals surface area contributed by atoms with E-state index in [1.807, 2.05) is 24.0 Å². The summed E-state index contributed by atoms with van der Waals surface area (Å²) in [6.07, 6.45) is 3.38. The third-order valence-corrected chi connectivity index (χ3v) is 5.85. The third kappa shape index (κ3) is 2.81. The SMILES string of the molecule is Cc1c(C(=O)N2CCC3(CCNC3)CC2)oc2c(Cl)cccc12.Cl. The van der Waals surface area contributed by atoms with E-state index in [1.54, 1.807) is 6.07 Å². The first kappa shape index (κ1) is 17.6. The van der Waals surface area contributed by atoms with E-state index in [-0.39, 0.29) is 18.3 Å². The molecule has 0 bridgehead atoms. The van der Waals surface area contributed by atoms with Gasteiger partial charge in [-0.2, -0.15) is 0 Å². The lowest BCUT2D eigenvalue weighted by Gasteiger charge is -2.38. The second-order valence-electron chi connectivity index (χ2n) is 6.89. The van der Waals surface area contributed by atoms with Gasteiger partial charge in [-0.05, 0) is 44.2 Å². The molecule has 0 radical (unpaired) electrons. The highest BCUT2D eigenvalue weighted by Gasteiger charge is 2.39. The lowest BCUT2D eigenvalue weighted by atomic mass is 9.78. The molecule has 2 fully saturated rings. The van der Waals surface area contributed by atoms with Gasteiger partial charge in [-0.3, -0.25) is 4.79 Å². The van der Waals surface area contributed by atoms with Crippen LogP contribution in [0, 0.1) is 12.3 Å². The third-order valence-electron chi connectivity index (χ3n) is 5.55. The Morgan fingerprint density at radius 1 is 1.29 bits per heavy atom. The summed E-state index contributed by atoms with van der Waals surface area (Å²) in [6, 6.07) is 5.63. The van der Waals surface area contributed by atoms with Crippen molar-refractivity contribution in [2.75, 3.05) is 26.2 Å². The molecule has 1 aromatic heterocycles. The zero-order chi connectivity index (χ0) is 16.0. The smallest absolute Gasteiger partial charge is 0.289 e. The highest BCUT2D eigenvalue weighted by molar-refractivity contribution is 6.35. The summed E-state index contributed by atoms with van der Waals surface area (Å²) in [5.41, 5.74) is 1.90. The molecular formula is C18H22Cl2N2O2. The molecule has 1 N–H and O–H groups in total. The molecule has 4 nitrogen and oxygen atoms in total. The van der Waals surface area contributed by atoms with Crippen molar-refractivity contribution in [2.45, 2.75) is 26.2 Å². The molecule has 1 spiro atoms. The molecule has 4 rings (SSSR count). The molecule has 0 saturated carbocycles. The summed E-state index contributed by atoms with van der Waals surface area (Å²) >= 11 is 6.19. The van der Waals surface area contributed by atoms with E-state index >= 15 is 0 Å². The van der Waals surface area contributed by atoms with Gasteiger partial charge in [0.15, 0.2) is 11.3 Å². The Balaban J connectivity index is 0.00000169. The molecule has 24 heavy (non-hydrogen) atoms. The minimum absolute atomic E-state index is 0. The average Bonchev–Trinajstić information content (AvgIpc) is 3.14. The normalized spacial score (nSPS) is 19.7. The Morgan fingerprint density at radius 3 is 2.67 bits per heavy atom. The van der Waals surface area contributed by atoms with Crippen LogP contribution >= 0.6 is 24.0 Å². The number of rotatable bonds is 1. The maximum atomic E-state index is 12.9. The van der Waals surface area contributed by atoms with Crippen LogP contribution in [0.2, 0.25) is 5.02 Å². The number of likely N-dealkylation sites (tertiary alicyclic amines) is 1. The van der Waals surface area contributed by atoms with Gasteiger partial charge in [0, 0.05) is 30.6 Å². The summed E-state index contributed by atoms with van der Waals surface area (Å²) in [5, 5.41) is 4.94. The van der Waals surface area contributed by atoms with Crippen LogP contribution < -0.4 is 5.32 Å². The van der Waals surface area contributed by atoms with Crippen molar-refractivity contribution in [3.8, 4) is 0 Å². The maximum Gasteiger partial charge on any atom is 0.289 e. The van der Waals surface area contributed by atoms with Gasteiger partial charge < -0.3 is 14.6 Å². The van der Waals surface area contributed by atoms with Crippen LogP contribution in [0.5, 0.6) is 0 Å². The number of hydrogen-bond acceptors (Lipinski definition) is 3. The second kappa shape index (κ2) is 6.58. The number of fused-ring (bicyclic) bond motifs is 1. The van der Waals surface area contributed by atoms with Crippen molar-refractivity contribution in [3.63, 3.8) is 0 Å². The van der Waals surface area contributed by atoms with Gasteiger partial charge in [-0.15, -0.1) is 12.4 Å². The van der Waals surface area contributed by atoms with E-state index in [2.05, 4.69) is 5.32 Å². The molecule has 0 aliphatic carbocycles. The van der Waals surface area contributed by atoms with E-state index in [0.29, 0.717) is 21.8 Å². The fourth-order valence-electron chi connectivity index (χ4n) is 3.96. The van der Waals surface area contributed by atoms with Gasteiger partial charge in [0.25, 0.3) is 5.91 Å². The lowest BCUT2D eigenvalue weighted by molar-refractivity contribution is 0.0578. The van der Waals surface area contributed by atoms with Crippen LogP contribution in [0.3, 0.4) is 0 Å². The first-order valence-corrected chi connectivity index (χ1v) is 8.65. The van der Waals surface area contributed by atoms with Crippen LogP contribution in [0.25, 0.3) is 11.0 Å². The monoisotopic (exact) mass is 368 g/mol. The van der Waals surface area contributed by atoms with E-state index in [4.69, 9.17) is 16.0 Å². The number of nitrogens with one attached hydrogen (secondary N) is 1. The molecule has 3 heterocycles. The summed E-state index contributed by atoms with van der Waals surface area (Å²) in [4.78, 5) is 14.8. The molecule has 2 aliphatic heterocycles. The summed E-state index contributed by atoms with van der Waals surface area (Å²) in [6.45, 7) is 5.75. The fraction of sp³-hybridized carbons (Fsp3) is 0.500. The van der Waals surface area contributed by atoms with Gasteiger partial charge in [-0.25, -0.2) is 0 Å². The number of hydrogen-bond donors (Lipinski definition) is 1. The molecule has 0 unspecified atom stereocenters. The van der Waals surface area contributed by atoms with Gasteiger partial charge >= 0.3 is 0 Å². The molecule has 1 amide bonds. The molecule has 2 aromatic rings. The van der Waals surface area contributed by atoms with Crippen molar-refractivity contribution in [1.29, 1.82) is 0 Å². The highest BCUT2D eigenvalue weighted by Crippen LogP contribution is 2.38. The van der Waals surface area contributed by atoms with Crippen LogP contribution in [-0.4, -0.2) is 37.0 Å². The molecule has 0 atom stereocenters. The number of para-hydroxylation sites is 1. The van der Waals surface area contributed by atoms with Gasteiger partial charge in [0.1, 0.15) is 0 Å². The Kier molecular flexibility index (Phi) is 4.82. The number of carbonyl (C=O) groups is 1. The number of nitrogens with zero attached hydrogens (tertiary/aromatic N) is 1. The second-order valence-corrected chi connectivity index (χ2v) is 7.30. The summed E-state index contributed by atoms with van der Waals surface area (Å²) in [7, 11) is 0. The molecule has 6 heteroatoms.